The fourth-order valence-corrected chi connectivity index (χ4v) is 3.37. The number of halogens is 1. The minimum Gasteiger partial charge on any atom is -0.379 e. The minimum atomic E-state index is -0.207. The molecule has 0 aliphatic carbocycles. The van der Waals surface area contributed by atoms with Crippen LogP contribution in [0.15, 0.2) is 36.4 Å². The van der Waals surface area contributed by atoms with Gasteiger partial charge in [0.1, 0.15) is 0 Å². The van der Waals surface area contributed by atoms with Crippen LogP contribution in [0, 0.1) is 0 Å². The summed E-state index contributed by atoms with van der Waals surface area (Å²) in [6.45, 7) is 3.21. The standard InChI is InChI=1S/C17H18ClN3O3S/c18-15-6-5-14(25-15)17(23)20-13-3-1-12(2-4-13)19-16(22)11-21-7-9-24-10-8-21/h1-6H,7-11H2,(H,19,22)(H,20,23). The van der Waals surface area contributed by atoms with E-state index in [0.29, 0.717) is 40.3 Å². The summed E-state index contributed by atoms with van der Waals surface area (Å²) >= 11 is 7.06. The van der Waals surface area contributed by atoms with E-state index in [2.05, 4.69) is 15.5 Å². The Balaban J connectivity index is 1.51. The number of nitrogens with zero attached hydrogens (tertiary/aromatic N) is 1. The number of thiophene rings is 1. The van der Waals surface area contributed by atoms with Crippen LogP contribution >= 0.6 is 22.9 Å². The zero-order valence-electron chi connectivity index (χ0n) is 13.5. The number of hydrogen-bond acceptors (Lipinski definition) is 5. The number of carbonyl (C=O) groups excluding carboxylic acids is 2. The Morgan fingerprint density at radius 2 is 1.68 bits per heavy atom. The van der Waals surface area contributed by atoms with Crippen LogP contribution in [-0.2, 0) is 9.53 Å². The van der Waals surface area contributed by atoms with E-state index in [1.807, 2.05) is 0 Å². The normalized spacial score (nSPS) is 14.9. The monoisotopic (exact) mass is 379 g/mol. The summed E-state index contributed by atoms with van der Waals surface area (Å²) in [7, 11) is 0. The number of carbonyl (C=O) groups is 2. The molecule has 1 fully saturated rings. The lowest BCUT2D eigenvalue weighted by Crippen LogP contribution is -2.41. The molecule has 0 unspecified atom stereocenters. The molecule has 2 amide bonds. The van der Waals surface area contributed by atoms with Gasteiger partial charge in [-0.1, -0.05) is 11.6 Å². The van der Waals surface area contributed by atoms with Crippen LogP contribution in [0.3, 0.4) is 0 Å². The zero-order valence-corrected chi connectivity index (χ0v) is 15.0. The molecule has 132 valence electrons. The second kappa shape index (κ2) is 8.44. The Hall–Kier alpha value is -1.93. The summed E-state index contributed by atoms with van der Waals surface area (Å²) < 4.78 is 5.84. The molecule has 0 saturated carbocycles. The summed E-state index contributed by atoms with van der Waals surface area (Å²) in [5, 5.41) is 5.65. The van der Waals surface area contributed by atoms with Crippen LogP contribution in [0.1, 0.15) is 9.67 Å². The van der Waals surface area contributed by atoms with Gasteiger partial charge in [-0.25, -0.2) is 0 Å². The molecular formula is C17H18ClN3O3S. The van der Waals surface area contributed by atoms with Crippen molar-refractivity contribution in [1.82, 2.24) is 4.90 Å². The summed E-state index contributed by atoms with van der Waals surface area (Å²) in [5.41, 5.74) is 1.34. The number of rotatable bonds is 5. The van der Waals surface area contributed by atoms with Crippen molar-refractivity contribution in [3.63, 3.8) is 0 Å². The number of morpholine rings is 1. The van der Waals surface area contributed by atoms with Gasteiger partial charge in [0, 0.05) is 24.5 Å². The lowest BCUT2D eigenvalue weighted by atomic mass is 10.2. The highest BCUT2D eigenvalue weighted by Crippen LogP contribution is 2.22. The SMILES string of the molecule is O=C(CN1CCOCC1)Nc1ccc(NC(=O)c2ccc(Cl)s2)cc1. The van der Waals surface area contributed by atoms with E-state index in [1.54, 1.807) is 36.4 Å². The number of ether oxygens (including phenoxy) is 1. The molecule has 2 aromatic rings. The molecular weight excluding hydrogens is 362 g/mol. The van der Waals surface area contributed by atoms with Crippen molar-refractivity contribution in [3.05, 3.63) is 45.6 Å². The molecule has 0 atom stereocenters. The van der Waals surface area contributed by atoms with E-state index in [4.69, 9.17) is 16.3 Å². The number of hydrogen-bond donors (Lipinski definition) is 2. The second-order valence-electron chi connectivity index (χ2n) is 5.57. The van der Waals surface area contributed by atoms with Crippen molar-refractivity contribution in [1.29, 1.82) is 0 Å². The van der Waals surface area contributed by atoms with Gasteiger partial charge in [-0.2, -0.15) is 0 Å². The van der Waals surface area contributed by atoms with Gasteiger partial charge in [-0.05, 0) is 36.4 Å². The van der Waals surface area contributed by atoms with Gasteiger partial charge in [0.2, 0.25) is 5.91 Å². The third kappa shape index (κ3) is 5.27. The van der Waals surface area contributed by atoms with E-state index < -0.39 is 0 Å². The first kappa shape index (κ1) is 17.9. The molecule has 8 heteroatoms. The van der Waals surface area contributed by atoms with Crippen molar-refractivity contribution >= 4 is 46.1 Å². The van der Waals surface area contributed by atoms with E-state index in [0.717, 1.165) is 13.1 Å². The number of amides is 2. The van der Waals surface area contributed by atoms with Crippen molar-refractivity contribution in [2.75, 3.05) is 43.5 Å². The molecule has 6 nitrogen and oxygen atoms in total. The third-order valence-corrected chi connectivity index (χ3v) is 4.92. The average Bonchev–Trinajstić information content (AvgIpc) is 3.04. The summed E-state index contributed by atoms with van der Waals surface area (Å²) in [6.07, 6.45) is 0. The van der Waals surface area contributed by atoms with Gasteiger partial charge in [0.25, 0.3) is 5.91 Å². The van der Waals surface area contributed by atoms with Crippen LogP contribution in [0.25, 0.3) is 0 Å². The molecule has 2 heterocycles. The maximum absolute atomic E-state index is 12.1. The molecule has 1 saturated heterocycles. The molecule has 1 aromatic carbocycles. The van der Waals surface area contributed by atoms with Crippen molar-refractivity contribution in [3.8, 4) is 0 Å². The average molecular weight is 380 g/mol. The van der Waals surface area contributed by atoms with Gasteiger partial charge in [0.15, 0.2) is 0 Å². The highest BCUT2D eigenvalue weighted by molar-refractivity contribution is 7.18. The lowest BCUT2D eigenvalue weighted by Gasteiger charge is -2.25. The van der Waals surface area contributed by atoms with E-state index in [1.165, 1.54) is 11.3 Å². The van der Waals surface area contributed by atoms with E-state index in [9.17, 15) is 9.59 Å². The van der Waals surface area contributed by atoms with Crippen LogP contribution in [0.2, 0.25) is 4.34 Å². The van der Waals surface area contributed by atoms with Crippen molar-refractivity contribution in [2.45, 2.75) is 0 Å². The van der Waals surface area contributed by atoms with Gasteiger partial charge < -0.3 is 15.4 Å². The molecule has 2 N–H and O–H groups in total. The first-order valence-electron chi connectivity index (χ1n) is 7.87. The third-order valence-electron chi connectivity index (χ3n) is 3.69. The fourth-order valence-electron chi connectivity index (χ4n) is 2.43. The minimum absolute atomic E-state index is 0.0630. The van der Waals surface area contributed by atoms with Gasteiger partial charge >= 0.3 is 0 Å². The first-order chi connectivity index (χ1) is 12.1. The first-order valence-corrected chi connectivity index (χ1v) is 9.06. The molecule has 0 bridgehead atoms. The number of benzene rings is 1. The maximum atomic E-state index is 12.1. The van der Waals surface area contributed by atoms with E-state index >= 15 is 0 Å². The lowest BCUT2D eigenvalue weighted by molar-refractivity contribution is -0.118. The van der Waals surface area contributed by atoms with Crippen molar-refractivity contribution < 1.29 is 14.3 Å². The van der Waals surface area contributed by atoms with Crippen LogP contribution in [0.5, 0.6) is 0 Å². The summed E-state index contributed by atoms with van der Waals surface area (Å²) in [5.74, 6) is -0.270. The molecule has 1 aromatic heterocycles. The van der Waals surface area contributed by atoms with Gasteiger partial charge in [-0.15, -0.1) is 11.3 Å². The Labute approximate surface area is 154 Å². The summed E-state index contributed by atoms with van der Waals surface area (Å²) in [6, 6.07) is 10.4. The van der Waals surface area contributed by atoms with Crippen molar-refractivity contribution in [2.24, 2.45) is 0 Å². The number of anilines is 2. The van der Waals surface area contributed by atoms with Crippen LogP contribution < -0.4 is 10.6 Å². The fraction of sp³-hybridized carbons (Fsp3) is 0.294. The Bertz CT molecular complexity index is 742. The van der Waals surface area contributed by atoms with Gasteiger partial charge in [-0.3, -0.25) is 14.5 Å². The highest BCUT2D eigenvalue weighted by atomic mass is 35.5. The molecule has 3 rings (SSSR count). The predicted octanol–water partition coefficient (Wildman–Crippen LogP) is 2.92. The van der Waals surface area contributed by atoms with Gasteiger partial charge in [0.05, 0.1) is 29.0 Å². The zero-order chi connectivity index (χ0) is 17.6. The Morgan fingerprint density at radius 1 is 1.04 bits per heavy atom. The molecule has 1 aliphatic rings. The Morgan fingerprint density at radius 3 is 2.28 bits per heavy atom. The second-order valence-corrected chi connectivity index (χ2v) is 7.29. The molecule has 25 heavy (non-hydrogen) atoms. The smallest absolute Gasteiger partial charge is 0.265 e. The number of nitrogens with one attached hydrogen (secondary N) is 2. The molecule has 0 radical (unpaired) electrons. The van der Waals surface area contributed by atoms with Crippen LogP contribution in [-0.4, -0.2) is 49.6 Å². The topological polar surface area (TPSA) is 70.7 Å². The molecule has 0 spiro atoms. The predicted molar refractivity (Wildman–Crippen MR) is 99.6 cm³/mol. The highest BCUT2D eigenvalue weighted by Gasteiger charge is 2.14. The molecule has 1 aliphatic heterocycles. The summed E-state index contributed by atoms with van der Waals surface area (Å²) in [4.78, 5) is 26.7. The maximum Gasteiger partial charge on any atom is 0.265 e. The van der Waals surface area contributed by atoms with Crippen LogP contribution in [0.4, 0.5) is 11.4 Å². The van der Waals surface area contributed by atoms with E-state index in [-0.39, 0.29) is 11.8 Å². The Kier molecular flexibility index (Phi) is 6.04. The largest absolute Gasteiger partial charge is 0.379 e. The quantitative estimate of drug-likeness (QED) is 0.838.